The molecule has 0 atom stereocenters. The second kappa shape index (κ2) is 11.2. The van der Waals surface area contributed by atoms with Gasteiger partial charge in [-0.25, -0.2) is 9.79 Å². The Morgan fingerprint density at radius 3 is 2.34 bits per heavy atom. The maximum atomic E-state index is 12.4. The number of hydrogen-bond acceptors (Lipinski definition) is 7. The molecule has 2 aromatic rings. The first kappa shape index (κ1) is 23.2. The first-order chi connectivity index (χ1) is 15.6. The number of unbranched alkanes of at least 4 members (excludes halogenated alkanes) is 1. The summed E-state index contributed by atoms with van der Waals surface area (Å²) in [6, 6.07) is 10.8. The van der Waals surface area contributed by atoms with Gasteiger partial charge in [-0.15, -0.1) is 0 Å². The molecule has 0 fully saturated rings. The van der Waals surface area contributed by atoms with Gasteiger partial charge < -0.3 is 23.7 Å². The molecule has 0 aliphatic carbocycles. The number of ether oxygens (including phenoxy) is 5. The van der Waals surface area contributed by atoms with Crippen LogP contribution in [0.25, 0.3) is 6.08 Å². The zero-order valence-electron chi connectivity index (χ0n) is 19.0. The molecule has 1 aliphatic heterocycles. The number of rotatable bonds is 11. The van der Waals surface area contributed by atoms with Crippen molar-refractivity contribution in [2.24, 2.45) is 4.99 Å². The van der Waals surface area contributed by atoms with Crippen molar-refractivity contribution in [3.8, 4) is 23.0 Å². The number of carbonyl (C=O) groups is 1. The van der Waals surface area contributed by atoms with E-state index in [1.165, 1.54) is 0 Å². The number of carbonyl (C=O) groups excluding carboxylic acids is 1. The zero-order chi connectivity index (χ0) is 22.9. The van der Waals surface area contributed by atoms with Gasteiger partial charge in [-0.1, -0.05) is 19.4 Å². The van der Waals surface area contributed by atoms with Crippen LogP contribution in [0.3, 0.4) is 0 Å². The molecule has 7 nitrogen and oxygen atoms in total. The Bertz CT molecular complexity index is 1010. The highest BCUT2D eigenvalue weighted by Gasteiger charge is 2.25. The van der Waals surface area contributed by atoms with Gasteiger partial charge in [0, 0.05) is 5.56 Å². The van der Waals surface area contributed by atoms with Crippen LogP contribution in [0.2, 0.25) is 0 Å². The second-order valence-corrected chi connectivity index (χ2v) is 6.98. The van der Waals surface area contributed by atoms with Crippen LogP contribution in [0.4, 0.5) is 0 Å². The lowest BCUT2D eigenvalue weighted by molar-refractivity contribution is -0.129. The minimum absolute atomic E-state index is 0.202. The standard InChI is InChI=1S/C25H29NO6/c1-5-8-13-31-20-11-9-17(15-22(20)28-4)14-19-25(27)32-24(26-19)18-10-12-21(29-6-2)23(16-18)30-7-3/h9-12,14-16H,5-8,13H2,1-4H3/b19-14-. The van der Waals surface area contributed by atoms with Crippen molar-refractivity contribution in [2.75, 3.05) is 26.9 Å². The molecule has 7 heteroatoms. The van der Waals surface area contributed by atoms with E-state index in [0.717, 1.165) is 18.4 Å². The third-order valence-corrected chi connectivity index (χ3v) is 4.66. The van der Waals surface area contributed by atoms with Crippen LogP contribution in [0.15, 0.2) is 47.1 Å². The Kier molecular flexibility index (Phi) is 8.14. The summed E-state index contributed by atoms with van der Waals surface area (Å²) in [6.45, 7) is 7.54. The molecular weight excluding hydrogens is 410 g/mol. The van der Waals surface area contributed by atoms with Crippen molar-refractivity contribution in [1.82, 2.24) is 0 Å². The minimum Gasteiger partial charge on any atom is -0.493 e. The maximum Gasteiger partial charge on any atom is 0.363 e. The maximum absolute atomic E-state index is 12.4. The Balaban J connectivity index is 1.85. The average Bonchev–Trinajstić information content (AvgIpc) is 3.16. The first-order valence-electron chi connectivity index (χ1n) is 10.8. The smallest absolute Gasteiger partial charge is 0.363 e. The number of nitrogens with zero attached hydrogens (tertiary/aromatic N) is 1. The van der Waals surface area contributed by atoms with E-state index in [2.05, 4.69) is 11.9 Å². The average molecular weight is 440 g/mol. The molecule has 170 valence electrons. The van der Waals surface area contributed by atoms with Gasteiger partial charge in [-0.3, -0.25) is 0 Å². The predicted octanol–water partition coefficient (Wildman–Crippen LogP) is 5.02. The molecule has 1 heterocycles. The van der Waals surface area contributed by atoms with Crippen LogP contribution in [0, 0.1) is 0 Å². The lowest BCUT2D eigenvalue weighted by atomic mass is 10.1. The van der Waals surface area contributed by atoms with Gasteiger partial charge in [-0.05, 0) is 62.2 Å². The van der Waals surface area contributed by atoms with Gasteiger partial charge in [0.2, 0.25) is 5.90 Å². The van der Waals surface area contributed by atoms with Gasteiger partial charge >= 0.3 is 5.97 Å². The van der Waals surface area contributed by atoms with Crippen LogP contribution in [0.1, 0.15) is 44.7 Å². The Morgan fingerprint density at radius 2 is 1.62 bits per heavy atom. The largest absolute Gasteiger partial charge is 0.493 e. The number of methoxy groups -OCH3 is 1. The quantitative estimate of drug-likeness (QED) is 0.278. The van der Waals surface area contributed by atoms with Gasteiger partial charge in [0.25, 0.3) is 0 Å². The van der Waals surface area contributed by atoms with Crippen molar-refractivity contribution >= 4 is 17.9 Å². The van der Waals surface area contributed by atoms with Gasteiger partial charge in [0.15, 0.2) is 28.7 Å². The highest BCUT2D eigenvalue weighted by Crippen LogP contribution is 2.32. The van der Waals surface area contributed by atoms with Gasteiger partial charge in [-0.2, -0.15) is 0 Å². The van der Waals surface area contributed by atoms with Crippen molar-refractivity contribution in [2.45, 2.75) is 33.6 Å². The highest BCUT2D eigenvalue weighted by atomic mass is 16.6. The normalized spacial score (nSPS) is 14.2. The van der Waals surface area contributed by atoms with Crippen LogP contribution in [-0.2, 0) is 9.53 Å². The molecule has 0 saturated heterocycles. The molecule has 32 heavy (non-hydrogen) atoms. The van der Waals surface area contributed by atoms with Crippen molar-refractivity contribution in [1.29, 1.82) is 0 Å². The van der Waals surface area contributed by atoms with E-state index in [0.29, 0.717) is 48.4 Å². The molecule has 0 spiro atoms. The molecule has 0 bridgehead atoms. The molecule has 3 rings (SSSR count). The van der Waals surface area contributed by atoms with E-state index in [1.54, 1.807) is 37.5 Å². The SMILES string of the molecule is CCCCOc1ccc(/C=C2\N=C(c3ccc(OCC)c(OCC)c3)OC2=O)cc1OC. The summed E-state index contributed by atoms with van der Waals surface area (Å²) in [5.74, 6) is 2.17. The minimum atomic E-state index is -0.519. The lowest BCUT2D eigenvalue weighted by Crippen LogP contribution is -2.06. The summed E-state index contributed by atoms with van der Waals surface area (Å²) in [4.78, 5) is 16.8. The van der Waals surface area contributed by atoms with E-state index in [-0.39, 0.29) is 11.6 Å². The Hall–Kier alpha value is -3.48. The first-order valence-corrected chi connectivity index (χ1v) is 10.8. The van der Waals surface area contributed by atoms with Crippen LogP contribution >= 0.6 is 0 Å². The third kappa shape index (κ3) is 5.60. The Labute approximate surface area is 188 Å². The van der Waals surface area contributed by atoms with Crippen molar-refractivity contribution in [3.63, 3.8) is 0 Å². The fraction of sp³-hybridized carbons (Fsp3) is 0.360. The second-order valence-electron chi connectivity index (χ2n) is 6.98. The molecular formula is C25H29NO6. The van der Waals surface area contributed by atoms with Gasteiger partial charge in [0.05, 0.1) is 26.9 Å². The summed E-state index contributed by atoms with van der Waals surface area (Å²) in [5.41, 5.74) is 1.59. The lowest BCUT2D eigenvalue weighted by Gasteiger charge is -2.11. The third-order valence-electron chi connectivity index (χ3n) is 4.66. The fourth-order valence-electron chi connectivity index (χ4n) is 3.09. The number of hydrogen-bond donors (Lipinski definition) is 0. The van der Waals surface area contributed by atoms with Crippen molar-refractivity contribution in [3.05, 3.63) is 53.2 Å². The van der Waals surface area contributed by atoms with Gasteiger partial charge in [0.1, 0.15) is 0 Å². The molecule has 0 saturated carbocycles. The topological polar surface area (TPSA) is 75.6 Å². The zero-order valence-corrected chi connectivity index (χ0v) is 19.0. The summed E-state index contributed by atoms with van der Waals surface area (Å²) >= 11 is 0. The van der Waals surface area contributed by atoms with E-state index in [9.17, 15) is 4.79 Å². The summed E-state index contributed by atoms with van der Waals surface area (Å²) < 4.78 is 27.8. The molecule has 0 unspecified atom stereocenters. The van der Waals surface area contributed by atoms with E-state index in [4.69, 9.17) is 23.7 Å². The summed E-state index contributed by atoms with van der Waals surface area (Å²) in [7, 11) is 1.58. The highest BCUT2D eigenvalue weighted by molar-refractivity contribution is 6.13. The monoisotopic (exact) mass is 439 g/mol. The molecule has 2 aromatic carbocycles. The number of cyclic esters (lactones) is 1. The molecule has 1 aliphatic rings. The molecule has 0 aromatic heterocycles. The van der Waals surface area contributed by atoms with E-state index >= 15 is 0 Å². The van der Waals surface area contributed by atoms with Crippen molar-refractivity contribution < 1.29 is 28.5 Å². The predicted molar refractivity (Wildman–Crippen MR) is 123 cm³/mol. The van der Waals surface area contributed by atoms with Crippen LogP contribution in [-0.4, -0.2) is 38.8 Å². The summed E-state index contributed by atoms with van der Waals surface area (Å²) in [6.07, 6.45) is 3.68. The van der Waals surface area contributed by atoms with Crippen LogP contribution in [0.5, 0.6) is 23.0 Å². The number of esters is 1. The fourth-order valence-corrected chi connectivity index (χ4v) is 3.09. The molecule has 0 radical (unpaired) electrons. The number of benzene rings is 2. The molecule has 0 amide bonds. The van der Waals surface area contributed by atoms with E-state index in [1.807, 2.05) is 26.0 Å². The molecule has 0 N–H and O–H groups in total. The Morgan fingerprint density at radius 1 is 0.906 bits per heavy atom. The summed E-state index contributed by atoms with van der Waals surface area (Å²) in [5, 5.41) is 0. The number of aliphatic imine (C=N–C) groups is 1. The van der Waals surface area contributed by atoms with Crippen LogP contribution < -0.4 is 18.9 Å². The van der Waals surface area contributed by atoms with E-state index < -0.39 is 5.97 Å².